The fraction of sp³-hybridized carbons (Fsp3) is 0.214. The number of halogens is 2. The predicted octanol–water partition coefficient (Wildman–Crippen LogP) is 5.71. The van der Waals surface area contributed by atoms with Gasteiger partial charge in [0, 0.05) is 6.07 Å². The van der Waals surface area contributed by atoms with Crippen molar-refractivity contribution < 1.29 is 24.2 Å². The second-order valence-corrected chi connectivity index (χ2v) is 11.7. The average Bonchev–Trinajstić information content (AvgIpc) is 3.40. The fourth-order valence-corrected chi connectivity index (χ4v) is 4.84. The lowest BCUT2D eigenvalue weighted by molar-refractivity contribution is -0.118. The van der Waals surface area contributed by atoms with Gasteiger partial charge in [-0.1, -0.05) is 73.9 Å². The predicted molar refractivity (Wildman–Crippen MR) is 161 cm³/mol. The van der Waals surface area contributed by atoms with Gasteiger partial charge in [-0.05, 0) is 57.8 Å². The normalized spacial score (nSPS) is 11.2. The maximum absolute atomic E-state index is 12.7. The van der Waals surface area contributed by atoms with Crippen molar-refractivity contribution in [3.63, 3.8) is 0 Å². The number of hydrogen-bond acceptors (Lipinski definition) is 8. The third-order valence-electron chi connectivity index (χ3n) is 5.83. The number of carboxylic acids is 1. The molecule has 3 aromatic carbocycles. The number of carbonyl (C=O) groups is 3. The van der Waals surface area contributed by atoms with Gasteiger partial charge < -0.3 is 20.5 Å². The van der Waals surface area contributed by atoms with Crippen molar-refractivity contribution in [3.8, 4) is 11.4 Å². The first-order chi connectivity index (χ1) is 19.9. The number of para-hydroxylation sites is 1. The van der Waals surface area contributed by atoms with Crippen LogP contribution in [-0.4, -0.2) is 55.5 Å². The second kappa shape index (κ2) is 13.2. The van der Waals surface area contributed by atoms with Gasteiger partial charge in [0.1, 0.15) is 5.75 Å². The van der Waals surface area contributed by atoms with Crippen LogP contribution in [0.5, 0.6) is 5.75 Å². The molecule has 11 nitrogen and oxygen atoms in total. The van der Waals surface area contributed by atoms with Gasteiger partial charge in [0.05, 0.1) is 38.4 Å². The Morgan fingerprint density at radius 3 is 2.38 bits per heavy atom. The number of tetrazole rings is 1. The highest BCUT2D eigenvalue weighted by Gasteiger charge is 2.19. The minimum absolute atomic E-state index is 0.00929. The average molecular weight is 630 g/mol. The first-order valence-electron chi connectivity index (χ1n) is 12.5. The van der Waals surface area contributed by atoms with Gasteiger partial charge in [0.2, 0.25) is 11.1 Å². The van der Waals surface area contributed by atoms with E-state index in [9.17, 15) is 19.5 Å². The molecule has 0 saturated heterocycles. The summed E-state index contributed by atoms with van der Waals surface area (Å²) in [5, 5.41) is 27.3. The van der Waals surface area contributed by atoms with E-state index in [0.717, 1.165) is 17.3 Å². The summed E-state index contributed by atoms with van der Waals surface area (Å²) < 4.78 is 6.95. The Morgan fingerprint density at radius 2 is 1.69 bits per heavy atom. The van der Waals surface area contributed by atoms with Crippen LogP contribution < -0.4 is 15.4 Å². The van der Waals surface area contributed by atoms with Crippen molar-refractivity contribution in [1.82, 2.24) is 20.2 Å². The lowest BCUT2D eigenvalue weighted by Crippen LogP contribution is -2.21. The van der Waals surface area contributed by atoms with Crippen LogP contribution in [0.15, 0.2) is 65.8 Å². The van der Waals surface area contributed by atoms with E-state index >= 15 is 0 Å². The van der Waals surface area contributed by atoms with Crippen molar-refractivity contribution in [3.05, 3.63) is 81.8 Å². The molecular weight excluding hydrogens is 603 g/mol. The molecule has 4 rings (SSSR count). The minimum atomic E-state index is -1.16. The number of carbonyl (C=O) groups excluding carboxylic acids is 2. The Balaban J connectivity index is 1.31. The molecule has 0 aliphatic heterocycles. The SMILES string of the molecule is CC(C)(C)c1ccc(-n2nnnc2SCC(=O)Nc2ccc(OCC(=O)Nc3ccccc3C(=O)O)cc2Cl)c(Cl)c1. The summed E-state index contributed by atoms with van der Waals surface area (Å²) in [6, 6.07) is 16.2. The third kappa shape index (κ3) is 7.78. The summed E-state index contributed by atoms with van der Waals surface area (Å²) in [7, 11) is 0. The molecule has 0 spiro atoms. The first kappa shape index (κ1) is 30.8. The van der Waals surface area contributed by atoms with Gasteiger partial charge in [-0.15, -0.1) is 5.10 Å². The molecule has 218 valence electrons. The summed E-state index contributed by atoms with van der Waals surface area (Å²) >= 11 is 14.0. The van der Waals surface area contributed by atoms with Crippen molar-refractivity contribution in [1.29, 1.82) is 0 Å². The zero-order valence-electron chi connectivity index (χ0n) is 22.7. The van der Waals surface area contributed by atoms with E-state index in [1.54, 1.807) is 18.2 Å². The van der Waals surface area contributed by atoms with E-state index in [4.69, 9.17) is 27.9 Å². The number of rotatable bonds is 10. The standard InChI is InChI=1S/C28H26Cl2N6O5S/c1-28(2,3)16-8-11-23(20(30)12-16)36-27(33-34-35-36)42-15-25(38)32-22-10-9-17(13-19(22)29)41-14-24(37)31-21-7-5-4-6-18(21)26(39)40/h4-13H,14-15H2,1-3H3,(H,31,37)(H,32,38)(H,39,40). The lowest BCUT2D eigenvalue weighted by Gasteiger charge is -2.20. The maximum Gasteiger partial charge on any atom is 0.337 e. The monoisotopic (exact) mass is 628 g/mol. The van der Waals surface area contributed by atoms with Crippen LogP contribution in [0.4, 0.5) is 11.4 Å². The largest absolute Gasteiger partial charge is 0.484 e. The van der Waals surface area contributed by atoms with Crippen molar-refractivity contribution >= 4 is 64.1 Å². The molecule has 42 heavy (non-hydrogen) atoms. The Labute approximate surface area is 255 Å². The number of thioether (sulfide) groups is 1. The summed E-state index contributed by atoms with van der Waals surface area (Å²) in [6.45, 7) is 5.89. The van der Waals surface area contributed by atoms with E-state index in [1.807, 2.05) is 18.2 Å². The number of nitrogens with one attached hydrogen (secondary N) is 2. The Hall–Kier alpha value is -4.13. The molecule has 0 aliphatic carbocycles. The molecule has 0 radical (unpaired) electrons. The van der Waals surface area contributed by atoms with E-state index in [2.05, 4.69) is 46.9 Å². The van der Waals surface area contributed by atoms with Gasteiger partial charge in [0.25, 0.3) is 5.91 Å². The maximum atomic E-state index is 12.7. The smallest absolute Gasteiger partial charge is 0.337 e. The third-order valence-corrected chi connectivity index (χ3v) is 7.37. The molecular formula is C28H26Cl2N6O5S. The van der Waals surface area contributed by atoms with Crippen LogP contribution in [0.2, 0.25) is 10.0 Å². The Bertz CT molecular complexity index is 1640. The quantitative estimate of drug-likeness (QED) is 0.188. The number of nitrogens with zero attached hydrogens (tertiary/aromatic N) is 4. The molecule has 4 aromatic rings. The van der Waals surface area contributed by atoms with Crippen molar-refractivity contribution in [2.24, 2.45) is 0 Å². The summed E-state index contributed by atoms with van der Waals surface area (Å²) in [5.74, 6) is -1.80. The molecule has 0 bridgehead atoms. The number of amides is 2. The molecule has 1 heterocycles. The Morgan fingerprint density at radius 1 is 0.952 bits per heavy atom. The fourth-order valence-electron chi connectivity index (χ4n) is 3.68. The molecule has 0 atom stereocenters. The van der Waals surface area contributed by atoms with Crippen LogP contribution in [0.1, 0.15) is 36.7 Å². The topological polar surface area (TPSA) is 148 Å². The number of hydrogen-bond donors (Lipinski definition) is 3. The molecule has 3 N–H and O–H groups in total. The molecule has 1 aromatic heterocycles. The van der Waals surface area contributed by atoms with Gasteiger partial charge in [-0.25, -0.2) is 4.79 Å². The molecule has 0 fully saturated rings. The van der Waals surface area contributed by atoms with E-state index in [0.29, 0.717) is 21.6 Å². The number of carboxylic acid groups (broad SMARTS) is 1. The summed E-state index contributed by atoms with van der Waals surface area (Å²) in [5.41, 5.74) is 2.04. The zero-order valence-corrected chi connectivity index (χ0v) is 25.0. The van der Waals surface area contributed by atoms with Crippen LogP contribution in [0.3, 0.4) is 0 Å². The van der Waals surface area contributed by atoms with E-state index in [-0.39, 0.29) is 45.7 Å². The molecule has 14 heteroatoms. The lowest BCUT2D eigenvalue weighted by atomic mass is 9.87. The highest BCUT2D eigenvalue weighted by molar-refractivity contribution is 7.99. The number of anilines is 2. The highest BCUT2D eigenvalue weighted by atomic mass is 35.5. The van der Waals surface area contributed by atoms with Gasteiger partial charge in [-0.2, -0.15) is 4.68 Å². The Kier molecular flexibility index (Phi) is 9.71. The zero-order chi connectivity index (χ0) is 30.4. The van der Waals surface area contributed by atoms with Crippen molar-refractivity contribution in [2.75, 3.05) is 23.0 Å². The summed E-state index contributed by atoms with van der Waals surface area (Å²) in [4.78, 5) is 36.2. The number of aromatic nitrogens is 4. The molecule has 0 unspecified atom stereocenters. The van der Waals surface area contributed by atoms with Crippen molar-refractivity contribution in [2.45, 2.75) is 31.3 Å². The van der Waals surface area contributed by atoms with E-state index < -0.39 is 11.9 Å². The first-order valence-corrected chi connectivity index (χ1v) is 14.2. The number of benzene rings is 3. The van der Waals surface area contributed by atoms with Crippen LogP contribution in [0, 0.1) is 0 Å². The minimum Gasteiger partial charge on any atom is -0.484 e. The second-order valence-electron chi connectivity index (χ2n) is 9.96. The van der Waals surface area contributed by atoms with Gasteiger partial charge in [-0.3, -0.25) is 9.59 Å². The number of aromatic carboxylic acids is 1. The van der Waals surface area contributed by atoms with Crippen LogP contribution >= 0.6 is 35.0 Å². The number of ether oxygens (including phenoxy) is 1. The molecule has 2 amide bonds. The van der Waals surface area contributed by atoms with E-state index in [1.165, 1.54) is 28.9 Å². The summed E-state index contributed by atoms with van der Waals surface area (Å²) in [6.07, 6.45) is 0. The van der Waals surface area contributed by atoms with Crippen LogP contribution in [0.25, 0.3) is 5.69 Å². The highest BCUT2D eigenvalue weighted by Crippen LogP contribution is 2.31. The molecule has 0 saturated carbocycles. The van der Waals surface area contributed by atoms with Gasteiger partial charge in [0.15, 0.2) is 6.61 Å². The van der Waals surface area contributed by atoms with Gasteiger partial charge >= 0.3 is 5.97 Å². The van der Waals surface area contributed by atoms with Crippen LogP contribution in [-0.2, 0) is 15.0 Å². The molecule has 0 aliphatic rings.